The fourth-order valence-electron chi connectivity index (χ4n) is 2.84. The van der Waals surface area contributed by atoms with Crippen molar-refractivity contribution in [3.8, 4) is 5.75 Å². The highest BCUT2D eigenvalue weighted by molar-refractivity contribution is 5.40. The van der Waals surface area contributed by atoms with Crippen LogP contribution in [-0.2, 0) is 6.42 Å². The molecule has 0 heterocycles. The van der Waals surface area contributed by atoms with Crippen LogP contribution in [0.15, 0.2) is 18.2 Å². The molecule has 17 heavy (non-hydrogen) atoms. The van der Waals surface area contributed by atoms with Gasteiger partial charge in [-0.2, -0.15) is 0 Å². The van der Waals surface area contributed by atoms with Gasteiger partial charge in [0.2, 0.25) is 0 Å². The van der Waals surface area contributed by atoms with Crippen LogP contribution >= 0.6 is 0 Å². The number of hydrogen-bond donors (Lipinski definition) is 1. The maximum Gasteiger partial charge on any atom is 0.119 e. The molecule has 0 aliphatic heterocycles. The van der Waals surface area contributed by atoms with Crippen molar-refractivity contribution in [1.29, 1.82) is 0 Å². The van der Waals surface area contributed by atoms with Gasteiger partial charge >= 0.3 is 0 Å². The lowest BCUT2D eigenvalue weighted by molar-refractivity contribution is 0.124. The van der Waals surface area contributed by atoms with Gasteiger partial charge in [0.25, 0.3) is 0 Å². The molecule has 0 bridgehead atoms. The minimum atomic E-state index is -0.203. The second-order valence-corrected chi connectivity index (χ2v) is 4.92. The van der Waals surface area contributed by atoms with Gasteiger partial charge in [-0.3, -0.25) is 0 Å². The lowest BCUT2D eigenvalue weighted by Crippen LogP contribution is -2.22. The molecule has 2 heteroatoms. The van der Waals surface area contributed by atoms with E-state index in [1.165, 1.54) is 17.5 Å². The Morgan fingerprint density at radius 1 is 1.47 bits per heavy atom. The van der Waals surface area contributed by atoms with Crippen molar-refractivity contribution in [3.63, 3.8) is 0 Å². The van der Waals surface area contributed by atoms with Gasteiger partial charge in [0, 0.05) is 5.92 Å². The average molecular weight is 234 g/mol. The number of aliphatic hydroxyl groups excluding tert-OH is 1. The van der Waals surface area contributed by atoms with Crippen molar-refractivity contribution in [2.45, 2.75) is 51.0 Å². The molecule has 0 amide bonds. The summed E-state index contributed by atoms with van der Waals surface area (Å²) in [5.74, 6) is 1.20. The van der Waals surface area contributed by atoms with Crippen LogP contribution in [0.3, 0.4) is 0 Å². The highest BCUT2D eigenvalue weighted by Crippen LogP contribution is 2.37. The molecule has 1 aliphatic rings. The van der Waals surface area contributed by atoms with E-state index in [2.05, 4.69) is 19.1 Å². The third-order valence-corrected chi connectivity index (χ3v) is 3.76. The second-order valence-electron chi connectivity index (χ2n) is 4.92. The Morgan fingerprint density at radius 2 is 2.29 bits per heavy atom. The zero-order chi connectivity index (χ0) is 12.3. The van der Waals surface area contributed by atoms with Crippen LogP contribution in [0.5, 0.6) is 5.75 Å². The Labute approximate surface area is 104 Å². The summed E-state index contributed by atoms with van der Waals surface area (Å²) in [7, 11) is 1.70. The average Bonchev–Trinajstić information content (AvgIpc) is 2.37. The van der Waals surface area contributed by atoms with Gasteiger partial charge in [0.05, 0.1) is 13.2 Å². The van der Waals surface area contributed by atoms with E-state index in [0.29, 0.717) is 5.92 Å². The van der Waals surface area contributed by atoms with Crippen LogP contribution in [0.2, 0.25) is 0 Å². The standard InChI is InChI=1S/C15H22O2/c1-3-5-15(16)13-7-4-6-11-8-9-12(17-2)10-14(11)13/h8-10,13,15-16H,3-7H2,1-2H3. The lowest BCUT2D eigenvalue weighted by atomic mass is 9.78. The van der Waals surface area contributed by atoms with Crippen molar-refractivity contribution in [3.05, 3.63) is 29.3 Å². The summed E-state index contributed by atoms with van der Waals surface area (Å²) < 4.78 is 5.29. The number of fused-ring (bicyclic) bond motifs is 1. The Balaban J connectivity index is 2.28. The van der Waals surface area contributed by atoms with E-state index in [0.717, 1.165) is 31.4 Å². The van der Waals surface area contributed by atoms with E-state index < -0.39 is 0 Å². The predicted octanol–water partition coefficient (Wildman–Crippen LogP) is 3.28. The maximum atomic E-state index is 10.2. The number of benzene rings is 1. The Bertz CT molecular complexity index is 373. The third kappa shape index (κ3) is 2.63. The summed E-state index contributed by atoms with van der Waals surface area (Å²) >= 11 is 0. The van der Waals surface area contributed by atoms with Crippen LogP contribution in [0.1, 0.15) is 49.7 Å². The van der Waals surface area contributed by atoms with Crippen LogP contribution in [0, 0.1) is 0 Å². The first-order valence-corrected chi connectivity index (χ1v) is 6.61. The SMILES string of the molecule is CCCC(O)C1CCCc2ccc(OC)cc21. The molecule has 0 spiro atoms. The fraction of sp³-hybridized carbons (Fsp3) is 0.600. The smallest absolute Gasteiger partial charge is 0.119 e. The van der Waals surface area contributed by atoms with E-state index in [-0.39, 0.29) is 6.10 Å². The molecular weight excluding hydrogens is 212 g/mol. The van der Waals surface area contributed by atoms with Crippen LogP contribution < -0.4 is 4.74 Å². The van der Waals surface area contributed by atoms with E-state index in [1.807, 2.05) is 6.07 Å². The highest BCUT2D eigenvalue weighted by Gasteiger charge is 2.26. The minimum absolute atomic E-state index is 0.203. The Kier molecular flexibility index (Phi) is 4.06. The van der Waals surface area contributed by atoms with Gasteiger partial charge in [-0.15, -0.1) is 0 Å². The summed E-state index contributed by atoms with van der Waals surface area (Å²) in [5.41, 5.74) is 2.69. The van der Waals surface area contributed by atoms with Crippen molar-refractivity contribution in [2.24, 2.45) is 0 Å². The van der Waals surface area contributed by atoms with E-state index in [9.17, 15) is 5.11 Å². The quantitative estimate of drug-likeness (QED) is 0.866. The summed E-state index contributed by atoms with van der Waals surface area (Å²) in [6.07, 6.45) is 5.14. The minimum Gasteiger partial charge on any atom is -0.497 e. The molecule has 94 valence electrons. The first-order chi connectivity index (χ1) is 8.26. The summed E-state index contributed by atoms with van der Waals surface area (Å²) in [4.78, 5) is 0. The largest absolute Gasteiger partial charge is 0.497 e. The molecule has 2 unspecified atom stereocenters. The van der Waals surface area contributed by atoms with Gasteiger partial charge in [-0.25, -0.2) is 0 Å². The molecular formula is C15H22O2. The van der Waals surface area contributed by atoms with Crippen molar-refractivity contribution in [1.82, 2.24) is 0 Å². The van der Waals surface area contributed by atoms with Gasteiger partial charge in [-0.1, -0.05) is 19.4 Å². The lowest BCUT2D eigenvalue weighted by Gasteiger charge is -2.29. The molecule has 0 saturated heterocycles. The predicted molar refractivity (Wildman–Crippen MR) is 69.6 cm³/mol. The van der Waals surface area contributed by atoms with Crippen molar-refractivity contribution >= 4 is 0 Å². The molecule has 0 saturated carbocycles. The molecule has 1 N–H and O–H groups in total. The number of aliphatic hydroxyl groups is 1. The number of ether oxygens (including phenoxy) is 1. The van der Waals surface area contributed by atoms with Crippen molar-refractivity contribution < 1.29 is 9.84 Å². The Hall–Kier alpha value is -1.02. The third-order valence-electron chi connectivity index (χ3n) is 3.76. The van der Waals surface area contributed by atoms with E-state index in [4.69, 9.17) is 4.74 Å². The highest BCUT2D eigenvalue weighted by atomic mass is 16.5. The second kappa shape index (κ2) is 5.54. The molecule has 0 aromatic heterocycles. The molecule has 2 nitrogen and oxygen atoms in total. The summed E-state index contributed by atoms with van der Waals surface area (Å²) in [6.45, 7) is 2.12. The molecule has 2 rings (SSSR count). The first-order valence-electron chi connectivity index (χ1n) is 6.61. The van der Waals surface area contributed by atoms with Gasteiger partial charge in [-0.05, 0) is 48.9 Å². The maximum absolute atomic E-state index is 10.2. The molecule has 0 fully saturated rings. The normalized spacial score (nSPS) is 20.8. The fourth-order valence-corrected chi connectivity index (χ4v) is 2.84. The zero-order valence-electron chi connectivity index (χ0n) is 10.8. The first kappa shape index (κ1) is 12.4. The Morgan fingerprint density at radius 3 is 3.00 bits per heavy atom. The van der Waals surface area contributed by atoms with E-state index in [1.54, 1.807) is 7.11 Å². The van der Waals surface area contributed by atoms with Gasteiger partial charge in [0.15, 0.2) is 0 Å². The van der Waals surface area contributed by atoms with Gasteiger partial charge in [0.1, 0.15) is 5.75 Å². The van der Waals surface area contributed by atoms with Crippen LogP contribution in [0.4, 0.5) is 0 Å². The number of hydrogen-bond acceptors (Lipinski definition) is 2. The van der Waals surface area contributed by atoms with Crippen LogP contribution in [-0.4, -0.2) is 18.3 Å². The van der Waals surface area contributed by atoms with Crippen LogP contribution in [0.25, 0.3) is 0 Å². The number of aryl methyl sites for hydroxylation is 1. The monoisotopic (exact) mass is 234 g/mol. The molecule has 1 aromatic carbocycles. The van der Waals surface area contributed by atoms with Gasteiger partial charge < -0.3 is 9.84 Å². The van der Waals surface area contributed by atoms with Crippen molar-refractivity contribution in [2.75, 3.05) is 7.11 Å². The zero-order valence-corrected chi connectivity index (χ0v) is 10.8. The molecule has 1 aromatic rings. The summed E-state index contributed by atoms with van der Waals surface area (Å²) in [5, 5.41) is 10.2. The molecule has 2 atom stereocenters. The van der Waals surface area contributed by atoms with E-state index >= 15 is 0 Å². The molecule has 1 aliphatic carbocycles. The molecule has 0 radical (unpaired) electrons. The number of methoxy groups -OCH3 is 1. The summed E-state index contributed by atoms with van der Waals surface area (Å²) in [6, 6.07) is 6.28. The number of rotatable bonds is 4. The topological polar surface area (TPSA) is 29.5 Å².